The highest BCUT2D eigenvalue weighted by Crippen LogP contribution is 2.16. The minimum Gasteiger partial charge on any atom is -0.369 e. The lowest BCUT2D eigenvalue weighted by molar-refractivity contribution is -0.130. The third-order valence-corrected chi connectivity index (χ3v) is 5.92. The molecule has 2 rings (SSSR count). The molecule has 1 aliphatic heterocycles. The van der Waals surface area contributed by atoms with Crippen LogP contribution in [0.1, 0.15) is 12.8 Å². The Morgan fingerprint density at radius 3 is 2.64 bits per heavy atom. The van der Waals surface area contributed by atoms with Crippen molar-refractivity contribution >= 4 is 46.6 Å². The molecule has 0 radical (unpaired) electrons. The zero-order chi connectivity index (χ0) is 19.2. The Morgan fingerprint density at radius 2 is 2.07 bits per heavy atom. The van der Waals surface area contributed by atoms with Crippen molar-refractivity contribution in [2.75, 3.05) is 45.6 Å². The average molecular weight is 453 g/mol. The molecule has 0 aromatic carbocycles. The smallest absolute Gasteiger partial charge is 0.244 e. The summed E-state index contributed by atoms with van der Waals surface area (Å²) in [5.74, 6) is 0.491. The van der Waals surface area contributed by atoms with E-state index in [0.29, 0.717) is 25.5 Å². The first-order valence-corrected chi connectivity index (χ1v) is 9.82. The number of nitrogens with zero attached hydrogens (tertiary/aromatic N) is 4. The van der Waals surface area contributed by atoms with Crippen molar-refractivity contribution in [1.82, 2.24) is 19.5 Å². The standard InChI is InChI=1S/C16H24N6O3S.2ClH/c1-21(2)26(24,25)14-5-6-15(20-11-14)19-8-7-18-12-16(23)22-9-3-4-13(22)10-17;;/h5-6,11,13,18H,3-4,7-9,12H2,1-2H3,(H,19,20);2*1H/t13-;;/m0../s1. The molecule has 0 bridgehead atoms. The summed E-state index contributed by atoms with van der Waals surface area (Å²) in [4.78, 5) is 17.9. The summed E-state index contributed by atoms with van der Waals surface area (Å²) < 4.78 is 25.1. The minimum absolute atomic E-state index is 0. The van der Waals surface area contributed by atoms with Crippen LogP contribution in [0.5, 0.6) is 0 Å². The van der Waals surface area contributed by atoms with Crippen LogP contribution in [0.15, 0.2) is 23.2 Å². The van der Waals surface area contributed by atoms with Gasteiger partial charge in [0.05, 0.1) is 12.6 Å². The molecule has 1 aromatic rings. The van der Waals surface area contributed by atoms with Gasteiger partial charge < -0.3 is 15.5 Å². The number of amides is 1. The van der Waals surface area contributed by atoms with Crippen molar-refractivity contribution in [3.8, 4) is 6.07 Å². The molecule has 1 atom stereocenters. The molecule has 0 spiro atoms. The van der Waals surface area contributed by atoms with E-state index in [-0.39, 0.29) is 48.2 Å². The molecule has 1 aliphatic rings. The molecule has 0 unspecified atom stereocenters. The predicted octanol–water partition coefficient (Wildman–Crippen LogP) is 0.692. The highest BCUT2D eigenvalue weighted by Gasteiger charge is 2.27. The Bertz CT molecular complexity index is 768. The summed E-state index contributed by atoms with van der Waals surface area (Å²) in [5, 5.41) is 15.1. The molecule has 1 amide bonds. The van der Waals surface area contributed by atoms with Gasteiger partial charge in [0, 0.05) is 39.9 Å². The Hall–Kier alpha value is -1.64. The van der Waals surface area contributed by atoms with E-state index in [0.717, 1.165) is 17.1 Å². The van der Waals surface area contributed by atoms with Crippen molar-refractivity contribution < 1.29 is 13.2 Å². The monoisotopic (exact) mass is 452 g/mol. The molecule has 1 aromatic heterocycles. The number of anilines is 1. The van der Waals surface area contributed by atoms with Crippen LogP contribution in [0.25, 0.3) is 0 Å². The zero-order valence-electron chi connectivity index (χ0n) is 15.8. The van der Waals surface area contributed by atoms with Crippen molar-refractivity contribution in [2.24, 2.45) is 0 Å². The van der Waals surface area contributed by atoms with Gasteiger partial charge in [0.1, 0.15) is 16.8 Å². The molecule has 1 fully saturated rings. The number of nitriles is 1. The number of carbonyl (C=O) groups is 1. The Labute approximate surface area is 178 Å². The van der Waals surface area contributed by atoms with Gasteiger partial charge >= 0.3 is 0 Å². The Morgan fingerprint density at radius 1 is 1.36 bits per heavy atom. The maximum atomic E-state index is 12.1. The summed E-state index contributed by atoms with van der Waals surface area (Å²) >= 11 is 0. The van der Waals surface area contributed by atoms with Crippen LogP contribution in [0.2, 0.25) is 0 Å². The second-order valence-electron chi connectivity index (χ2n) is 6.14. The van der Waals surface area contributed by atoms with E-state index in [1.165, 1.54) is 26.4 Å². The predicted molar refractivity (Wildman–Crippen MR) is 111 cm³/mol. The normalized spacial score (nSPS) is 16.1. The van der Waals surface area contributed by atoms with Gasteiger partial charge in [0.25, 0.3) is 0 Å². The van der Waals surface area contributed by atoms with Crippen LogP contribution in [-0.4, -0.2) is 74.8 Å². The molecule has 2 N–H and O–H groups in total. The van der Waals surface area contributed by atoms with Crippen molar-refractivity contribution in [2.45, 2.75) is 23.8 Å². The number of sulfonamides is 1. The van der Waals surface area contributed by atoms with Gasteiger partial charge in [-0.2, -0.15) is 5.26 Å². The highest BCUT2D eigenvalue weighted by molar-refractivity contribution is 7.89. The highest BCUT2D eigenvalue weighted by atomic mass is 35.5. The number of likely N-dealkylation sites (tertiary alicyclic amines) is 1. The van der Waals surface area contributed by atoms with E-state index in [4.69, 9.17) is 5.26 Å². The lowest BCUT2D eigenvalue weighted by atomic mass is 10.2. The van der Waals surface area contributed by atoms with Crippen LogP contribution in [0.3, 0.4) is 0 Å². The quantitative estimate of drug-likeness (QED) is 0.556. The van der Waals surface area contributed by atoms with E-state index in [1.54, 1.807) is 11.0 Å². The fraction of sp³-hybridized carbons (Fsp3) is 0.562. The van der Waals surface area contributed by atoms with E-state index < -0.39 is 10.0 Å². The van der Waals surface area contributed by atoms with Gasteiger partial charge in [-0.25, -0.2) is 17.7 Å². The van der Waals surface area contributed by atoms with Crippen molar-refractivity contribution in [1.29, 1.82) is 5.26 Å². The molecule has 2 heterocycles. The Balaban J connectivity index is 0.00000364. The second kappa shape index (κ2) is 12.0. The largest absolute Gasteiger partial charge is 0.369 e. The second-order valence-corrected chi connectivity index (χ2v) is 8.30. The van der Waals surface area contributed by atoms with Crippen LogP contribution < -0.4 is 10.6 Å². The van der Waals surface area contributed by atoms with Gasteiger partial charge in [0.15, 0.2) is 0 Å². The third-order valence-electron chi connectivity index (χ3n) is 4.12. The first kappa shape index (κ1) is 26.4. The first-order valence-electron chi connectivity index (χ1n) is 8.38. The molecule has 9 nitrogen and oxygen atoms in total. The fourth-order valence-electron chi connectivity index (χ4n) is 2.62. The van der Waals surface area contributed by atoms with Gasteiger partial charge in [-0.05, 0) is 25.0 Å². The van der Waals surface area contributed by atoms with Crippen LogP contribution in [0, 0.1) is 11.3 Å². The summed E-state index contributed by atoms with van der Waals surface area (Å²) in [6.07, 6.45) is 2.93. The number of nitrogens with one attached hydrogen (secondary N) is 2. The molecule has 0 aliphatic carbocycles. The van der Waals surface area contributed by atoms with Gasteiger partial charge in [-0.1, -0.05) is 0 Å². The molecule has 28 heavy (non-hydrogen) atoms. The molecule has 1 saturated heterocycles. The van der Waals surface area contributed by atoms with Crippen LogP contribution >= 0.6 is 24.8 Å². The SMILES string of the molecule is CN(C)S(=O)(=O)c1ccc(NCCNCC(=O)N2CCC[C@H]2C#N)nc1.Cl.Cl. The summed E-state index contributed by atoms with van der Waals surface area (Å²) in [5.41, 5.74) is 0. The first-order chi connectivity index (χ1) is 12.4. The number of hydrogen-bond acceptors (Lipinski definition) is 7. The lowest BCUT2D eigenvalue weighted by Gasteiger charge is -2.19. The van der Waals surface area contributed by atoms with Gasteiger partial charge in [-0.3, -0.25) is 4.79 Å². The van der Waals surface area contributed by atoms with Crippen molar-refractivity contribution in [3.63, 3.8) is 0 Å². The summed E-state index contributed by atoms with van der Waals surface area (Å²) in [6, 6.07) is 4.95. The van der Waals surface area contributed by atoms with Gasteiger partial charge in [-0.15, -0.1) is 24.8 Å². The number of rotatable bonds is 8. The lowest BCUT2D eigenvalue weighted by Crippen LogP contribution is -2.41. The minimum atomic E-state index is -3.48. The number of carbonyl (C=O) groups excluding carboxylic acids is 1. The number of halogens is 2. The molecular formula is C16H26Cl2N6O3S. The molecular weight excluding hydrogens is 427 g/mol. The zero-order valence-corrected chi connectivity index (χ0v) is 18.2. The number of pyridine rings is 1. The van der Waals surface area contributed by atoms with Crippen molar-refractivity contribution in [3.05, 3.63) is 18.3 Å². The molecule has 12 heteroatoms. The van der Waals surface area contributed by atoms with E-state index in [9.17, 15) is 13.2 Å². The maximum absolute atomic E-state index is 12.1. The fourth-order valence-corrected chi connectivity index (χ4v) is 3.47. The third kappa shape index (κ3) is 6.76. The van der Waals surface area contributed by atoms with E-state index >= 15 is 0 Å². The Kier molecular flexibility index (Phi) is 11.3. The van der Waals surface area contributed by atoms with E-state index in [1.807, 2.05) is 0 Å². The van der Waals surface area contributed by atoms with Gasteiger partial charge in [0.2, 0.25) is 15.9 Å². The van der Waals surface area contributed by atoms with E-state index in [2.05, 4.69) is 21.7 Å². The maximum Gasteiger partial charge on any atom is 0.244 e. The van der Waals surface area contributed by atoms with Crippen LogP contribution in [0.4, 0.5) is 5.82 Å². The summed E-state index contributed by atoms with van der Waals surface area (Å²) in [6.45, 7) is 1.90. The number of hydrogen-bond donors (Lipinski definition) is 2. The topological polar surface area (TPSA) is 118 Å². The molecule has 158 valence electrons. The summed E-state index contributed by atoms with van der Waals surface area (Å²) in [7, 11) is -0.546. The number of aromatic nitrogens is 1. The average Bonchev–Trinajstić information content (AvgIpc) is 3.10. The molecule has 0 saturated carbocycles. The van der Waals surface area contributed by atoms with Crippen LogP contribution in [-0.2, 0) is 14.8 Å².